The van der Waals surface area contributed by atoms with Crippen LogP contribution in [0.5, 0.6) is 0 Å². The Labute approximate surface area is 137 Å². The van der Waals surface area contributed by atoms with Gasteiger partial charge >= 0.3 is 0 Å². The van der Waals surface area contributed by atoms with Gasteiger partial charge in [-0.3, -0.25) is 0 Å². The van der Waals surface area contributed by atoms with Crippen LogP contribution >= 0.6 is 39.0 Å². The van der Waals surface area contributed by atoms with Crippen LogP contribution in [0.25, 0.3) is 0 Å². The second kappa shape index (κ2) is 7.59. The van der Waals surface area contributed by atoms with Crippen molar-refractivity contribution in [1.82, 2.24) is 10.3 Å². The second-order valence-corrected chi connectivity index (χ2v) is 8.15. The largest absolute Gasteiger partial charge is 0.312 e. The predicted octanol–water partition coefficient (Wildman–Crippen LogP) is 5.11. The van der Waals surface area contributed by atoms with Gasteiger partial charge in [0.15, 0.2) is 4.34 Å². The summed E-state index contributed by atoms with van der Waals surface area (Å²) in [5.74, 6) is 0.682. The lowest BCUT2D eigenvalue weighted by Gasteiger charge is -2.09. The molecule has 2 aromatic rings. The topological polar surface area (TPSA) is 24.9 Å². The molecule has 0 radical (unpaired) electrons. The summed E-state index contributed by atoms with van der Waals surface area (Å²) < 4.78 is 2.23. The van der Waals surface area contributed by atoms with E-state index < -0.39 is 0 Å². The Morgan fingerprint density at radius 3 is 2.80 bits per heavy atom. The molecule has 0 amide bonds. The number of hydrogen-bond donors (Lipinski definition) is 1. The monoisotopic (exact) mass is 370 g/mol. The van der Waals surface area contributed by atoms with Gasteiger partial charge in [0, 0.05) is 27.0 Å². The fourth-order valence-electron chi connectivity index (χ4n) is 1.72. The lowest BCUT2D eigenvalue weighted by molar-refractivity contribution is 0.552. The average Bonchev–Trinajstić information content (AvgIpc) is 2.78. The first-order valence-corrected chi connectivity index (χ1v) is 9.12. The van der Waals surface area contributed by atoms with E-state index in [4.69, 9.17) is 0 Å². The van der Waals surface area contributed by atoms with E-state index in [2.05, 4.69) is 63.7 Å². The van der Waals surface area contributed by atoms with E-state index in [-0.39, 0.29) is 0 Å². The molecule has 0 aliphatic rings. The zero-order valence-corrected chi connectivity index (χ0v) is 15.2. The third kappa shape index (κ3) is 4.88. The van der Waals surface area contributed by atoms with Crippen molar-refractivity contribution in [2.24, 2.45) is 5.92 Å². The standard InChI is InChI=1S/C15H19BrN2S2/c1-10(2)7-17-8-12-4-5-14(13(16)6-12)20-15-18-11(3)9-19-15/h4-6,9-10,17H,7-8H2,1-3H3. The smallest absolute Gasteiger partial charge is 0.154 e. The minimum absolute atomic E-state index is 0.682. The lowest BCUT2D eigenvalue weighted by Crippen LogP contribution is -2.18. The molecule has 0 unspecified atom stereocenters. The number of halogens is 1. The van der Waals surface area contributed by atoms with Gasteiger partial charge in [0.1, 0.15) is 0 Å². The minimum Gasteiger partial charge on any atom is -0.312 e. The van der Waals surface area contributed by atoms with Crippen molar-refractivity contribution in [3.63, 3.8) is 0 Å². The predicted molar refractivity (Wildman–Crippen MR) is 91.7 cm³/mol. The van der Waals surface area contributed by atoms with Crippen LogP contribution in [0.15, 0.2) is 37.3 Å². The van der Waals surface area contributed by atoms with Crippen LogP contribution in [0.1, 0.15) is 25.1 Å². The van der Waals surface area contributed by atoms with Gasteiger partial charge in [-0.05, 0) is 53.0 Å². The molecule has 1 N–H and O–H groups in total. The maximum atomic E-state index is 4.49. The molecule has 1 aromatic carbocycles. The van der Waals surface area contributed by atoms with Crippen molar-refractivity contribution in [3.05, 3.63) is 39.3 Å². The summed E-state index contributed by atoms with van der Waals surface area (Å²) in [7, 11) is 0. The van der Waals surface area contributed by atoms with E-state index in [9.17, 15) is 0 Å². The highest BCUT2D eigenvalue weighted by molar-refractivity contribution is 9.10. The Morgan fingerprint density at radius 2 is 2.20 bits per heavy atom. The molecule has 2 rings (SSSR count). The third-order valence-electron chi connectivity index (χ3n) is 2.67. The van der Waals surface area contributed by atoms with Gasteiger partial charge < -0.3 is 5.32 Å². The second-order valence-electron chi connectivity index (χ2n) is 5.15. The number of aromatic nitrogens is 1. The molecule has 1 aromatic heterocycles. The van der Waals surface area contributed by atoms with Gasteiger partial charge in [-0.25, -0.2) is 4.98 Å². The maximum Gasteiger partial charge on any atom is 0.154 e. The average molecular weight is 371 g/mol. The molecule has 1 heterocycles. The molecule has 0 atom stereocenters. The van der Waals surface area contributed by atoms with Crippen molar-refractivity contribution in [1.29, 1.82) is 0 Å². The van der Waals surface area contributed by atoms with Gasteiger partial charge in [-0.2, -0.15) is 0 Å². The maximum absolute atomic E-state index is 4.49. The van der Waals surface area contributed by atoms with Gasteiger partial charge in [-0.1, -0.05) is 31.7 Å². The minimum atomic E-state index is 0.682. The van der Waals surface area contributed by atoms with Crippen molar-refractivity contribution in [2.75, 3.05) is 6.54 Å². The first-order chi connectivity index (χ1) is 9.54. The number of nitrogens with one attached hydrogen (secondary N) is 1. The molecule has 2 nitrogen and oxygen atoms in total. The molecule has 0 aliphatic heterocycles. The zero-order chi connectivity index (χ0) is 14.5. The zero-order valence-electron chi connectivity index (χ0n) is 11.9. The molecule has 0 bridgehead atoms. The number of nitrogens with zero attached hydrogens (tertiary/aromatic N) is 1. The van der Waals surface area contributed by atoms with Gasteiger partial charge in [0.05, 0.1) is 0 Å². The number of hydrogen-bond acceptors (Lipinski definition) is 4. The quantitative estimate of drug-likeness (QED) is 0.764. The van der Waals surface area contributed by atoms with Crippen molar-refractivity contribution >= 4 is 39.0 Å². The molecular formula is C15H19BrN2S2. The molecule has 108 valence electrons. The fraction of sp³-hybridized carbons (Fsp3) is 0.400. The van der Waals surface area contributed by atoms with Crippen LogP contribution < -0.4 is 5.32 Å². The summed E-state index contributed by atoms with van der Waals surface area (Å²) in [6.45, 7) is 8.43. The molecule has 0 saturated heterocycles. The molecular weight excluding hydrogens is 352 g/mol. The highest BCUT2D eigenvalue weighted by Gasteiger charge is 2.06. The van der Waals surface area contributed by atoms with Crippen molar-refractivity contribution in [2.45, 2.75) is 36.6 Å². The van der Waals surface area contributed by atoms with Crippen LogP contribution in [-0.4, -0.2) is 11.5 Å². The molecule has 0 saturated carbocycles. The van der Waals surface area contributed by atoms with Crippen LogP contribution in [0.2, 0.25) is 0 Å². The summed E-state index contributed by atoms with van der Waals surface area (Å²) in [6, 6.07) is 6.54. The third-order valence-corrected chi connectivity index (χ3v) is 5.72. The Hall–Kier alpha value is -0.360. The SMILES string of the molecule is Cc1csc(Sc2ccc(CNCC(C)C)cc2Br)n1. The van der Waals surface area contributed by atoms with E-state index in [1.807, 2.05) is 6.92 Å². The lowest BCUT2D eigenvalue weighted by atomic mass is 10.2. The first-order valence-electron chi connectivity index (χ1n) is 6.63. The molecule has 5 heteroatoms. The van der Waals surface area contributed by atoms with Gasteiger partial charge in [0.2, 0.25) is 0 Å². The molecule has 0 spiro atoms. The van der Waals surface area contributed by atoms with Crippen LogP contribution in [0, 0.1) is 12.8 Å². The van der Waals surface area contributed by atoms with E-state index >= 15 is 0 Å². The number of benzene rings is 1. The Kier molecular flexibility index (Phi) is 6.08. The number of thiazole rings is 1. The summed E-state index contributed by atoms with van der Waals surface area (Å²) in [5, 5.41) is 5.55. The van der Waals surface area contributed by atoms with E-state index in [1.165, 1.54) is 10.5 Å². The summed E-state index contributed by atoms with van der Waals surface area (Å²) in [4.78, 5) is 5.70. The molecule has 0 aliphatic carbocycles. The Balaban J connectivity index is 1.98. The highest BCUT2D eigenvalue weighted by Crippen LogP contribution is 2.35. The first kappa shape index (κ1) is 16.0. The number of rotatable bonds is 6. The molecule has 20 heavy (non-hydrogen) atoms. The Morgan fingerprint density at radius 1 is 1.40 bits per heavy atom. The Bertz CT molecular complexity index is 567. The summed E-state index contributed by atoms with van der Waals surface area (Å²) >= 11 is 7.07. The van der Waals surface area contributed by atoms with Gasteiger partial charge in [0.25, 0.3) is 0 Å². The van der Waals surface area contributed by atoms with Crippen molar-refractivity contribution < 1.29 is 0 Å². The highest BCUT2D eigenvalue weighted by atomic mass is 79.9. The van der Waals surface area contributed by atoms with E-state index in [0.717, 1.165) is 27.6 Å². The van der Waals surface area contributed by atoms with Crippen molar-refractivity contribution in [3.8, 4) is 0 Å². The normalized spacial score (nSPS) is 11.2. The van der Waals surface area contributed by atoms with Crippen LogP contribution in [0.4, 0.5) is 0 Å². The van der Waals surface area contributed by atoms with Gasteiger partial charge in [-0.15, -0.1) is 11.3 Å². The fourth-order valence-corrected chi connectivity index (χ4v) is 4.18. The van der Waals surface area contributed by atoms with Crippen LogP contribution in [-0.2, 0) is 6.54 Å². The number of aryl methyl sites for hydroxylation is 1. The van der Waals surface area contributed by atoms with Crippen LogP contribution in [0.3, 0.4) is 0 Å². The molecule has 0 fully saturated rings. The summed E-state index contributed by atoms with van der Waals surface area (Å²) in [6.07, 6.45) is 0. The summed E-state index contributed by atoms with van der Waals surface area (Å²) in [5.41, 5.74) is 2.39. The van der Waals surface area contributed by atoms with E-state index in [0.29, 0.717) is 5.92 Å². The van der Waals surface area contributed by atoms with E-state index in [1.54, 1.807) is 23.1 Å².